The Labute approximate surface area is 98.1 Å². The summed E-state index contributed by atoms with van der Waals surface area (Å²) in [4.78, 5) is 0. The first-order chi connectivity index (χ1) is 7.10. The molecule has 1 aromatic rings. The van der Waals surface area contributed by atoms with Crippen LogP contribution in [0.25, 0.3) is 0 Å². The van der Waals surface area contributed by atoms with Crippen LogP contribution < -0.4 is 11.3 Å². The first kappa shape index (κ1) is 12.6. The summed E-state index contributed by atoms with van der Waals surface area (Å²) in [5.74, 6) is 5.54. The minimum atomic E-state index is -0.221. The molecule has 0 fully saturated rings. The van der Waals surface area contributed by atoms with Gasteiger partial charge in [0.2, 0.25) is 0 Å². The minimum Gasteiger partial charge on any atom is -0.271 e. The highest BCUT2D eigenvalue weighted by Crippen LogP contribution is 2.27. The molecule has 2 atom stereocenters. The zero-order chi connectivity index (χ0) is 11.4. The van der Waals surface area contributed by atoms with Crippen LogP contribution >= 0.6 is 15.9 Å². The Hall–Kier alpha value is -0.450. The molecule has 0 aliphatic heterocycles. The van der Waals surface area contributed by atoms with Crippen LogP contribution in [-0.4, -0.2) is 0 Å². The quantitative estimate of drug-likeness (QED) is 0.654. The normalized spacial score (nSPS) is 15.0. The number of hydrogen-bond acceptors (Lipinski definition) is 2. The molecule has 0 saturated heterocycles. The van der Waals surface area contributed by atoms with Crippen LogP contribution in [-0.2, 0) is 0 Å². The van der Waals surface area contributed by atoms with Crippen LogP contribution in [0.5, 0.6) is 0 Å². The van der Waals surface area contributed by atoms with Crippen molar-refractivity contribution >= 4 is 15.9 Å². The Balaban J connectivity index is 3.05. The first-order valence-electron chi connectivity index (χ1n) is 5.01. The number of rotatable bonds is 4. The average Bonchev–Trinajstić information content (AvgIpc) is 2.23. The molecule has 0 radical (unpaired) electrons. The van der Waals surface area contributed by atoms with E-state index in [1.165, 1.54) is 6.07 Å². The summed E-state index contributed by atoms with van der Waals surface area (Å²) in [6.45, 7) is 4.11. The van der Waals surface area contributed by atoms with Gasteiger partial charge >= 0.3 is 0 Å². The Kier molecular flexibility index (Phi) is 4.70. The molecule has 1 aromatic carbocycles. The summed E-state index contributed by atoms with van der Waals surface area (Å²) < 4.78 is 14.5. The minimum absolute atomic E-state index is 0.146. The fourth-order valence-electron chi connectivity index (χ4n) is 1.55. The lowest BCUT2D eigenvalue weighted by molar-refractivity contribution is 0.371. The molecule has 2 nitrogen and oxygen atoms in total. The second-order valence-electron chi connectivity index (χ2n) is 3.70. The first-order valence-corrected chi connectivity index (χ1v) is 5.80. The standard InChI is InChI=1S/C11H16BrFN2/c1-3-7(2)11(15-14)9-6-8(12)4-5-10(9)13/h4-7,11,15H,3,14H2,1-2H3. The molecule has 0 heterocycles. The van der Waals surface area contributed by atoms with Crippen molar-refractivity contribution in [2.24, 2.45) is 11.8 Å². The molecule has 84 valence electrons. The van der Waals surface area contributed by atoms with Crippen molar-refractivity contribution in [3.05, 3.63) is 34.1 Å². The van der Waals surface area contributed by atoms with Gasteiger partial charge in [0.05, 0.1) is 6.04 Å². The number of nitrogens with two attached hydrogens (primary N) is 1. The molecule has 1 rings (SSSR count). The summed E-state index contributed by atoms with van der Waals surface area (Å²) in [6.07, 6.45) is 0.945. The SMILES string of the molecule is CCC(C)C(NN)c1cc(Br)ccc1F. The highest BCUT2D eigenvalue weighted by molar-refractivity contribution is 9.10. The molecule has 0 saturated carbocycles. The zero-order valence-electron chi connectivity index (χ0n) is 8.93. The van der Waals surface area contributed by atoms with E-state index in [1.54, 1.807) is 12.1 Å². The Morgan fingerprint density at radius 2 is 2.20 bits per heavy atom. The number of hydrazine groups is 1. The monoisotopic (exact) mass is 274 g/mol. The van der Waals surface area contributed by atoms with Crippen molar-refractivity contribution in [3.63, 3.8) is 0 Å². The van der Waals surface area contributed by atoms with E-state index in [9.17, 15) is 4.39 Å². The van der Waals surface area contributed by atoms with Crippen molar-refractivity contribution in [2.45, 2.75) is 26.3 Å². The fourth-order valence-corrected chi connectivity index (χ4v) is 1.93. The zero-order valence-corrected chi connectivity index (χ0v) is 10.5. The smallest absolute Gasteiger partial charge is 0.128 e. The van der Waals surface area contributed by atoms with Gasteiger partial charge in [0.1, 0.15) is 5.82 Å². The maximum atomic E-state index is 13.6. The maximum Gasteiger partial charge on any atom is 0.128 e. The fraction of sp³-hybridized carbons (Fsp3) is 0.455. The van der Waals surface area contributed by atoms with Crippen molar-refractivity contribution in [1.82, 2.24) is 5.43 Å². The van der Waals surface area contributed by atoms with E-state index in [0.29, 0.717) is 11.5 Å². The number of hydrogen-bond donors (Lipinski definition) is 2. The Morgan fingerprint density at radius 1 is 1.53 bits per heavy atom. The average molecular weight is 275 g/mol. The highest BCUT2D eigenvalue weighted by atomic mass is 79.9. The van der Waals surface area contributed by atoms with Crippen LogP contribution in [0, 0.1) is 11.7 Å². The van der Waals surface area contributed by atoms with Crippen molar-refractivity contribution < 1.29 is 4.39 Å². The molecule has 0 aliphatic carbocycles. The molecular formula is C11H16BrFN2. The van der Waals surface area contributed by atoms with E-state index < -0.39 is 0 Å². The molecule has 0 bridgehead atoms. The molecular weight excluding hydrogens is 259 g/mol. The van der Waals surface area contributed by atoms with Gasteiger partial charge in [-0.1, -0.05) is 36.2 Å². The molecule has 4 heteroatoms. The van der Waals surface area contributed by atoms with Gasteiger partial charge in [-0.25, -0.2) is 4.39 Å². The number of nitrogens with one attached hydrogen (secondary N) is 1. The van der Waals surface area contributed by atoms with Crippen LogP contribution in [0.1, 0.15) is 31.9 Å². The molecule has 0 aliphatic rings. The van der Waals surface area contributed by atoms with E-state index in [-0.39, 0.29) is 11.9 Å². The summed E-state index contributed by atoms with van der Waals surface area (Å²) in [5.41, 5.74) is 3.29. The third-order valence-electron chi connectivity index (χ3n) is 2.69. The van der Waals surface area contributed by atoms with Crippen LogP contribution in [0.4, 0.5) is 4.39 Å². The predicted octanol–water partition coefficient (Wildman–Crippen LogP) is 3.14. The van der Waals surface area contributed by atoms with Crippen LogP contribution in [0.3, 0.4) is 0 Å². The van der Waals surface area contributed by atoms with E-state index >= 15 is 0 Å². The van der Waals surface area contributed by atoms with Gasteiger partial charge in [0.15, 0.2) is 0 Å². The van der Waals surface area contributed by atoms with Crippen LogP contribution in [0.15, 0.2) is 22.7 Å². The van der Waals surface area contributed by atoms with E-state index in [0.717, 1.165) is 10.9 Å². The van der Waals surface area contributed by atoms with Gasteiger partial charge < -0.3 is 0 Å². The molecule has 0 amide bonds. The third kappa shape index (κ3) is 3.00. The molecule has 0 aromatic heterocycles. The Morgan fingerprint density at radius 3 is 2.73 bits per heavy atom. The molecule has 2 unspecified atom stereocenters. The van der Waals surface area contributed by atoms with Crippen molar-refractivity contribution in [2.75, 3.05) is 0 Å². The third-order valence-corrected chi connectivity index (χ3v) is 3.18. The van der Waals surface area contributed by atoms with Crippen molar-refractivity contribution in [3.8, 4) is 0 Å². The summed E-state index contributed by atoms with van der Waals surface area (Å²) in [5, 5.41) is 0. The van der Waals surface area contributed by atoms with Gasteiger partial charge in [0, 0.05) is 10.0 Å². The van der Waals surface area contributed by atoms with E-state index in [4.69, 9.17) is 5.84 Å². The lowest BCUT2D eigenvalue weighted by Gasteiger charge is -2.23. The highest BCUT2D eigenvalue weighted by Gasteiger charge is 2.19. The van der Waals surface area contributed by atoms with Gasteiger partial charge in [-0.3, -0.25) is 11.3 Å². The largest absolute Gasteiger partial charge is 0.271 e. The van der Waals surface area contributed by atoms with Gasteiger partial charge in [-0.2, -0.15) is 0 Å². The molecule has 15 heavy (non-hydrogen) atoms. The maximum absolute atomic E-state index is 13.6. The topological polar surface area (TPSA) is 38.0 Å². The van der Waals surface area contributed by atoms with E-state index in [1.807, 2.05) is 6.92 Å². The molecule has 3 N–H and O–H groups in total. The summed E-state index contributed by atoms with van der Waals surface area (Å²) in [7, 11) is 0. The van der Waals surface area contributed by atoms with Gasteiger partial charge in [-0.05, 0) is 24.1 Å². The second-order valence-corrected chi connectivity index (χ2v) is 4.61. The lowest BCUT2D eigenvalue weighted by atomic mass is 9.93. The number of benzene rings is 1. The predicted molar refractivity (Wildman–Crippen MR) is 63.6 cm³/mol. The van der Waals surface area contributed by atoms with Gasteiger partial charge in [0.25, 0.3) is 0 Å². The summed E-state index contributed by atoms with van der Waals surface area (Å²) in [6, 6.07) is 4.76. The second kappa shape index (κ2) is 5.58. The van der Waals surface area contributed by atoms with Crippen molar-refractivity contribution in [1.29, 1.82) is 0 Å². The summed E-state index contributed by atoms with van der Waals surface area (Å²) >= 11 is 3.33. The lowest BCUT2D eigenvalue weighted by Crippen LogP contribution is -2.33. The van der Waals surface area contributed by atoms with Gasteiger partial charge in [-0.15, -0.1) is 0 Å². The van der Waals surface area contributed by atoms with Crippen LogP contribution in [0.2, 0.25) is 0 Å². The number of halogens is 2. The molecule has 0 spiro atoms. The van der Waals surface area contributed by atoms with E-state index in [2.05, 4.69) is 28.3 Å². The Bertz CT molecular complexity index is 330.